The summed E-state index contributed by atoms with van der Waals surface area (Å²) in [5.74, 6) is -0.186. The lowest BCUT2D eigenvalue weighted by Gasteiger charge is -2.19. The molecule has 2 aliphatic carbocycles. The Kier molecular flexibility index (Phi) is 3.67. The Bertz CT molecular complexity index is 565. The molecule has 3 rings (SSSR count). The minimum atomic E-state index is -0.470. The second kappa shape index (κ2) is 5.48. The van der Waals surface area contributed by atoms with Crippen molar-refractivity contribution in [3.05, 3.63) is 28.1 Å². The lowest BCUT2D eigenvalue weighted by molar-refractivity contribution is -0.384. The van der Waals surface area contributed by atoms with E-state index in [4.69, 9.17) is 0 Å². The van der Waals surface area contributed by atoms with Crippen molar-refractivity contribution in [3.63, 3.8) is 0 Å². The maximum atomic E-state index is 12.4. The summed E-state index contributed by atoms with van der Waals surface area (Å²) in [5, 5.41) is 23.1. The summed E-state index contributed by atoms with van der Waals surface area (Å²) in [6.07, 6.45) is 6.10. The summed E-state index contributed by atoms with van der Waals surface area (Å²) in [6, 6.07) is 1.51. The third-order valence-corrected chi connectivity index (χ3v) is 4.43. The van der Waals surface area contributed by atoms with Gasteiger partial charge in [-0.05, 0) is 25.7 Å². The first-order chi connectivity index (χ1) is 10.1. The smallest absolute Gasteiger partial charge is 0.287 e. The van der Waals surface area contributed by atoms with Crippen LogP contribution >= 0.6 is 0 Å². The fraction of sp³-hybridized carbons (Fsp3) is 0.643. The normalized spacial score (nSPS) is 25.0. The second-order valence-electron chi connectivity index (χ2n) is 5.93. The first-order valence-corrected chi connectivity index (χ1v) is 7.38. The van der Waals surface area contributed by atoms with Crippen molar-refractivity contribution in [2.45, 2.75) is 44.2 Å². The fourth-order valence-corrected chi connectivity index (χ4v) is 3.09. The number of hydrogen-bond donors (Lipinski definition) is 2. The molecular weight excluding hydrogens is 274 g/mol. The van der Waals surface area contributed by atoms with Crippen LogP contribution < -0.4 is 5.32 Å². The molecule has 2 fully saturated rings. The Morgan fingerprint density at radius 2 is 2.19 bits per heavy atom. The molecule has 1 aromatic rings. The third kappa shape index (κ3) is 2.78. The number of rotatable bonds is 5. The van der Waals surface area contributed by atoms with Crippen LogP contribution in [-0.2, 0) is 0 Å². The summed E-state index contributed by atoms with van der Waals surface area (Å²) >= 11 is 0. The van der Waals surface area contributed by atoms with Gasteiger partial charge in [0, 0.05) is 30.7 Å². The minimum absolute atomic E-state index is 0.0379. The van der Waals surface area contributed by atoms with Gasteiger partial charge in [-0.25, -0.2) is 0 Å². The molecule has 1 aromatic heterocycles. The largest absolute Gasteiger partial charge is 0.396 e. The molecule has 0 bridgehead atoms. The van der Waals surface area contributed by atoms with Crippen LogP contribution in [0.2, 0.25) is 0 Å². The Morgan fingerprint density at radius 1 is 1.43 bits per heavy atom. The van der Waals surface area contributed by atoms with Crippen LogP contribution in [0.4, 0.5) is 5.69 Å². The van der Waals surface area contributed by atoms with E-state index >= 15 is 0 Å². The van der Waals surface area contributed by atoms with Gasteiger partial charge in [-0.1, -0.05) is 6.42 Å². The highest BCUT2D eigenvalue weighted by atomic mass is 16.6. The topological polar surface area (TPSA) is 97.4 Å². The molecule has 0 saturated heterocycles. The molecule has 21 heavy (non-hydrogen) atoms. The molecular formula is C14H19N3O4. The molecule has 7 heteroatoms. The first-order valence-electron chi connectivity index (χ1n) is 7.38. The van der Waals surface area contributed by atoms with Crippen molar-refractivity contribution in [2.75, 3.05) is 6.61 Å². The molecule has 2 atom stereocenters. The predicted octanol–water partition coefficient (Wildman–Crippen LogP) is 1.62. The molecule has 2 saturated carbocycles. The van der Waals surface area contributed by atoms with Crippen LogP contribution in [0.3, 0.4) is 0 Å². The van der Waals surface area contributed by atoms with E-state index in [-0.39, 0.29) is 36.2 Å². The van der Waals surface area contributed by atoms with Gasteiger partial charge in [0.25, 0.3) is 11.6 Å². The monoisotopic (exact) mass is 293 g/mol. The van der Waals surface area contributed by atoms with Gasteiger partial charge in [-0.15, -0.1) is 0 Å². The molecule has 114 valence electrons. The van der Waals surface area contributed by atoms with Gasteiger partial charge in [0.15, 0.2) is 0 Å². The van der Waals surface area contributed by atoms with Gasteiger partial charge >= 0.3 is 0 Å². The van der Waals surface area contributed by atoms with Crippen molar-refractivity contribution >= 4 is 11.6 Å². The molecule has 0 radical (unpaired) electrons. The van der Waals surface area contributed by atoms with E-state index in [1.54, 1.807) is 4.57 Å². The fourth-order valence-electron chi connectivity index (χ4n) is 3.09. The molecule has 0 aromatic carbocycles. The number of carbonyl (C=O) groups excluding carboxylic acids is 1. The summed E-state index contributed by atoms with van der Waals surface area (Å²) < 4.78 is 1.72. The second-order valence-corrected chi connectivity index (χ2v) is 5.93. The lowest BCUT2D eigenvalue weighted by Crippen LogP contribution is -2.39. The van der Waals surface area contributed by atoms with Crippen LogP contribution in [-0.4, -0.2) is 33.2 Å². The number of nitrogens with zero attached hydrogens (tertiary/aromatic N) is 2. The van der Waals surface area contributed by atoms with Gasteiger partial charge < -0.3 is 15.0 Å². The van der Waals surface area contributed by atoms with E-state index in [0.29, 0.717) is 5.69 Å². The van der Waals surface area contributed by atoms with Gasteiger partial charge in [0.1, 0.15) is 5.69 Å². The number of carbonyl (C=O) groups is 1. The molecule has 1 amide bonds. The minimum Gasteiger partial charge on any atom is -0.396 e. The van der Waals surface area contributed by atoms with E-state index in [2.05, 4.69) is 5.32 Å². The zero-order valence-corrected chi connectivity index (χ0v) is 11.7. The van der Waals surface area contributed by atoms with Gasteiger partial charge in [-0.3, -0.25) is 14.9 Å². The average molecular weight is 293 g/mol. The quantitative estimate of drug-likeness (QED) is 0.636. The molecule has 2 N–H and O–H groups in total. The Hall–Kier alpha value is -1.89. The van der Waals surface area contributed by atoms with Crippen molar-refractivity contribution in [2.24, 2.45) is 5.92 Å². The number of hydrogen-bond acceptors (Lipinski definition) is 4. The van der Waals surface area contributed by atoms with Gasteiger partial charge in [0.05, 0.1) is 11.1 Å². The summed E-state index contributed by atoms with van der Waals surface area (Å²) in [6.45, 7) is 0.0642. The number of aliphatic hydroxyl groups excluding tert-OH is 1. The Labute approximate surface area is 122 Å². The SMILES string of the molecule is O=C(NC1CCCC1CO)c1cc([N+](=O)[O-])cn1C1CC1. The summed E-state index contributed by atoms with van der Waals surface area (Å²) in [7, 11) is 0. The average Bonchev–Trinajstić information content (AvgIpc) is 3.03. The summed E-state index contributed by atoms with van der Waals surface area (Å²) in [4.78, 5) is 22.8. The van der Waals surface area contributed by atoms with E-state index in [9.17, 15) is 20.0 Å². The van der Waals surface area contributed by atoms with E-state index in [1.807, 2.05) is 0 Å². The van der Waals surface area contributed by atoms with Crippen LogP contribution in [0.25, 0.3) is 0 Å². The van der Waals surface area contributed by atoms with Crippen LogP contribution in [0.15, 0.2) is 12.3 Å². The molecule has 0 spiro atoms. The van der Waals surface area contributed by atoms with Crippen LogP contribution in [0.1, 0.15) is 48.6 Å². The third-order valence-electron chi connectivity index (χ3n) is 4.43. The van der Waals surface area contributed by atoms with E-state index < -0.39 is 4.92 Å². The first kappa shape index (κ1) is 14.1. The maximum absolute atomic E-state index is 12.4. The van der Waals surface area contributed by atoms with Gasteiger partial charge in [0.2, 0.25) is 0 Å². The number of nitro groups is 1. The Morgan fingerprint density at radius 3 is 2.81 bits per heavy atom. The van der Waals surface area contributed by atoms with E-state index in [1.165, 1.54) is 12.3 Å². The number of aliphatic hydroxyl groups is 1. The van der Waals surface area contributed by atoms with Crippen LogP contribution in [0, 0.1) is 16.0 Å². The van der Waals surface area contributed by atoms with Gasteiger partial charge in [-0.2, -0.15) is 0 Å². The van der Waals surface area contributed by atoms with Crippen molar-refractivity contribution < 1.29 is 14.8 Å². The van der Waals surface area contributed by atoms with E-state index in [0.717, 1.165) is 32.1 Å². The van der Waals surface area contributed by atoms with Crippen molar-refractivity contribution in [1.29, 1.82) is 0 Å². The zero-order valence-electron chi connectivity index (χ0n) is 11.7. The van der Waals surface area contributed by atoms with Crippen molar-refractivity contribution in [1.82, 2.24) is 9.88 Å². The lowest BCUT2D eigenvalue weighted by atomic mass is 10.1. The number of amides is 1. The maximum Gasteiger partial charge on any atom is 0.287 e. The predicted molar refractivity (Wildman–Crippen MR) is 75.0 cm³/mol. The highest BCUT2D eigenvalue weighted by molar-refractivity contribution is 5.94. The number of aromatic nitrogens is 1. The van der Waals surface area contributed by atoms with Crippen molar-refractivity contribution in [3.8, 4) is 0 Å². The Balaban J connectivity index is 1.79. The highest BCUT2D eigenvalue weighted by Gasteiger charge is 2.33. The zero-order chi connectivity index (χ0) is 15.0. The molecule has 0 aliphatic heterocycles. The molecule has 2 unspecified atom stereocenters. The summed E-state index contributed by atoms with van der Waals surface area (Å²) in [5.41, 5.74) is 0.310. The molecule has 7 nitrogen and oxygen atoms in total. The molecule has 2 aliphatic rings. The highest BCUT2D eigenvalue weighted by Crippen LogP contribution is 2.38. The molecule has 1 heterocycles. The van der Waals surface area contributed by atoms with Crippen LogP contribution in [0.5, 0.6) is 0 Å². The standard InChI is InChI=1S/C14H19N3O4/c18-8-9-2-1-3-12(9)15-14(19)13-6-11(17(20)21)7-16(13)10-4-5-10/h6-7,9-10,12,18H,1-5,8H2,(H,15,19). The number of nitrogens with one attached hydrogen (secondary N) is 1.